The Kier molecular flexibility index (Phi) is 6.37. The van der Waals surface area contributed by atoms with Crippen LogP contribution in [0.4, 0.5) is 0 Å². The summed E-state index contributed by atoms with van der Waals surface area (Å²) in [6, 6.07) is 26.7. The number of nitrogens with zero attached hydrogens (tertiary/aromatic N) is 1. The van der Waals surface area contributed by atoms with Gasteiger partial charge in [0.25, 0.3) is 0 Å². The molecule has 0 unspecified atom stereocenters. The van der Waals surface area contributed by atoms with Gasteiger partial charge in [-0.1, -0.05) is 72.3 Å². The van der Waals surface area contributed by atoms with Crippen molar-refractivity contribution in [2.45, 2.75) is 6.61 Å². The number of amides is 1. The molecule has 0 atom stereocenters. The van der Waals surface area contributed by atoms with Crippen LogP contribution in [0.25, 0.3) is 21.7 Å². The van der Waals surface area contributed by atoms with Crippen LogP contribution in [0.15, 0.2) is 94.4 Å². The molecule has 0 bridgehead atoms. The smallest absolute Gasteiger partial charge is 0.307 e. The maximum Gasteiger partial charge on any atom is 0.307 e. The summed E-state index contributed by atoms with van der Waals surface area (Å²) >= 11 is 6.51. The Morgan fingerprint density at radius 1 is 1.00 bits per heavy atom. The summed E-state index contributed by atoms with van der Waals surface area (Å²) in [6.45, 7) is 0.332. The Bertz CT molecular complexity index is 1520. The van der Waals surface area contributed by atoms with Crippen LogP contribution in [0.2, 0.25) is 5.02 Å². The van der Waals surface area contributed by atoms with Crippen molar-refractivity contribution in [3.63, 3.8) is 0 Å². The van der Waals surface area contributed by atoms with Crippen LogP contribution in [0.5, 0.6) is 11.5 Å². The predicted octanol–water partition coefficient (Wildman–Crippen LogP) is 6.59. The Balaban J connectivity index is 1.29. The number of methoxy groups -OCH3 is 1. The topological polar surface area (TPSA) is 73.1 Å². The van der Waals surface area contributed by atoms with Crippen molar-refractivity contribution < 1.29 is 18.7 Å². The maximum atomic E-state index is 12.4. The van der Waals surface area contributed by atoms with Gasteiger partial charge in [-0.05, 0) is 46.2 Å². The minimum Gasteiger partial charge on any atom is -0.493 e. The summed E-state index contributed by atoms with van der Waals surface area (Å²) in [5.41, 5.74) is 4.78. The molecular formula is C28H21ClN2O4. The summed E-state index contributed by atoms with van der Waals surface area (Å²) in [5, 5.41) is 7.50. The van der Waals surface area contributed by atoms with E-state index in [4.69, 9.17) is 25.5 Å². The largest absolute Gasteiger partial charge is 0.493 e. The van der Waals surface area contributed by atoms with Crippen molar-refractivity contribution in [1.82, 2.24) is 5.43 Å². The number of carbonyl (C=O) groups is 1. The van der Waals surface area contributed by atoms with E-state index >= 15 is 0 Å². The van der Waals surface area contributed by atoms with Crippen molar-refractivity contribution in [2.24, 2.45) is 5.10 Å². The number of fused-ring (bicyclic) bond motifs is 2. The van der Waals surface area contributed by atoms with Crippen molar-refractivity contribution in [3.8, 4) is 11.5 Å². The van der Waals surface area contributed by atoms with Crippen LogP contribution in [-0.4, -0.2) is 19.2 Å². The first kappa shape index (κ1) is 22.5. The SMILES string of the molecule is COc1cc(/C=N/NC(=O)c2cc3ccccc3o2)cc(Cl)c1OCc1cccc2ccccc12. The average molecular weight is 485 g/mol. The van der Waals surface area contributed by atoms with Gasteiger partial charge in [0.15, 0.2) is 17.3 Å². The van der Waals surface area contributed by atoms with E-state index in [0.717, 1.165) is 21.7 Å². The zero-order valence-corrected chi connectivity index (χ0v) is 19.6. The molecule has 1 heterocycles. The van der Waals surface area contributed by atoms with Crippen molar-refractivity contribution in [1.29, 1.82) is 0 Å². The number of rotatable bonds is 7. The molecule has 0 saturated carbocycles. The Hall–Kier alpha value is -4.29. The lowest BCUT2D eigenvalue weighted by Crippen LogP contribution is -2.16. The Morgan fingerprint density at radius 3 is 2.60 bits per heavy atom. The van der Waals surface area contributed by atoms with E-state index in [2.05, 4.69) is 28.7 Å². The van der Waals surface area contributed by atoms with Crippen molar-refractivity contribution in [3.05, 3.63) is 107 Å². The van der Waals surface area contributed by atoms with Gasteiger partial charge in [-0.25, -0.2) is 5.43 Å². The standard InChI is InChI=1S/C28H21ClN2O4/c1-33-25-14-18(16-30-31-28(32)26-15-20-8-3-5-12-24(20)35-26)13-23(29)27(25)34-17-21-10-6-9-19-7-2-4-11-22(19)21/h2-16H,17H2,1H3,(H,31,32)/b30-16+. The van der Waals surface area contributed by atoms with Crippen molar-refractivity contribution in [2.75, 3.05) is 7.11 Å². The highest BCUT2D eigenvalue weighted by Gasteiger charge is 2.14. The van der Waals surface area contributed by atoms with Gasteiger partial charge in [0.2, 0.25) is 0 Å². The number of halogens is 1. The molecule has 0 aliphatic carbocycles. The lowest BCUT2D eigenvalue weighted by molar-refractivity contribution is 0.0929. The number of hydrazone groups is 1. The van der Waals surface area contributed by atoms with E-state index in [-0.39, 0.29) is 5.76 Å². The molecule has 7 heteroatoms. The van der Waals surface area contributed by atoms with E-state index in [9.17, 15) is 4.79 Å². The zero-order valence-electron chi connectivity index (χ0n) is 18.8. The van der Waals surface area contributed by atoms with Gasteiger partial charge in [0.05, 0.1) is 18.3 Å². The molecular weight excluding hydrogens is 464 g/mol. The molecule has 1 aromatic heterocycles. The van der Waals surface area contributed by atoms with Crippen LogP contribution in [-0.2, 0) is 6.61 Å². The normalized spacial score (nSPS) is 11.3. The molecule has 0 spiro atoms. The Labute approximate surface area is 206 Å². The fourth-order valence-corrected chi connectivity index (χ4v) is 4.11. The first-order valence-corrected chi connectivity index (χ1v) is 11.3. The number of benzene rings is 4. The van der Waals surface area contributed by atoms with Gasteiger partial charge in [0.1, 0.15) is 12.2 Å². The summed E-state index contributed by atoms with van der Waals surface area (Å²) in [5.74, 6) is 0.620. The second-order valence-corrected chi connectivity index (χ2v) is 8.22. The first-order chi connectivity index (χ1) is 17.1. The second kappa shape index (κ2) is 9.91. The third-order valence-corrected chi connectivity index (χ3v) is 5.81. The highest BCUT2D eigenvalue weighted by Crippen LogP contribution is 2.37. The molecule has 5 aromatic rings. The lowest BCUT2D eigenvalue weighted by Gasteiger charge is -2.14. The molecule has 1 amide bonds. The van der Waals surface area contributed by atoms with Gasteiger partial charge >= 0.3 is 5.91 Å². The number of hydrogen-bond acceptors (Lipinski definition) is 5. The van der Waals surface area contributed by atoms with E-state index in [1.807, 2.05) is 42.5 Å². The highest BCUT2D eigenvalue weighted by molar-refractivity contribution is 6.32. The summed E-state index contributed by atoms with van der Waals surface area (Å²) in [7, 11) is 1.54. The van der Waals surface area contributed by atoms with E-state index < -0.39 is 5.91 Å². The molecule has 35 heavy (non-hydrogen) atoms. The molecule has 5 rings (SSSR count). The lowest BCUT2D eigenvalue weighted by atomic mass is 10.1. The predicted molar refractivity (Wildman–Crippen MR) is 138 cm³/mol. The number of carbonyl (C=O) groups excluding carboxylic acids is 1. The summed E-state index contributed by atoms with van der Waals surface area (Å²) < 4.78 is 17.1. The summed E-state index contributed by atoms with van der Waals surface area (Å²) in [6.07, 6.45) is 1.48. The third-order valence-electron chi connectivity index (χ3n) is 5.53. The van der Waals surface area contributed by atoms with Crippen LogP contribution >= 0.6 is 11.6 Å². The second-order valence-electron chi connectivity index (χ2n) is 7.81. The molecule has 0 saturated heterocycles. The maximum absolute atomic E-state index is 12.4. The number of furan rings is 1. The Morgan fingerprint density at radius 2 is 1.77 bits per heavy atom. The van der Waals surface area contributed by atoms with Crippen molar-refractivity contribution >= 4 is 45.5 Å². The molecule has 4 aromatic carbocycles. The molecule has 1 N–H and O–H groups in total. The number of hydrogen-bond donors (Lipinski definition) is 1. The highest BCUT2D eigenvalue weighted by atomic mass is 35.5. The fourth-order valence-electron chi connectivity index (χ4n) is 3.84. The van der Waals surface area contributed by atoms with E-state index in [0.29, 0.717) is 34.3 Å². The van der Waals surface area contributed by atoms with Gasteiger partial charge in [-0.15, -0.1) is 0 Å². The van der Waals surface area contributed by atoms with Crippen LogP contribution < -0.4 is 14.9 Å². The number of ether oxygens (including phenoxy) is 2. The molecule has 174 valence electrons. The molecule has 6 nitrogen and oxygen atoms in total. The molecule has 0 aliphatic heterocycles. The summed E-state index contributed by atoms with van der Waals surface area (Å²) in [4.78, 5) is 12.4. The average Bonchev–Trinajstić information content (AvgIpc) is 3.32. The van der Waals surface area contributed by atoms with Gasteiger partial charge in [-0.2, -0.15) is 5.10 Å². The number of para-hydroxylation sites is 1. The minimum atomic E-state index is -0.453. The molecule has 0 fully saturated rings. The van der Waals surface area contributed by atoms with Crippen LogP contribution in [0, 0.1) is 0 Å². The van der Waals surface area contributed by atoms with Crippen LogP contribution in [0.3, 0.4) is 0 Å². The quantitative estimate of drug-likeness (QED) is 0.209. The van der Waals surface area contributed by atoms with Crippen LogP contribution in [0.1, 0.15) is 21.7 Å². The van der Waals surface area contributed by atoms with E-state index in [1.54, 1.807) is 31.4 Å². The minimum absolute atomic E-state index is 0.177. The third kappa shape index (κ3) is 4.83. The fraction of sp³-hybridized carbons (Fsp3) is 0.0714. The monoisotopic (exact) mass is 484 g/mol. The molecule has 0 aliphatic rings. The van der Waals surface area contributed by atoms with Gasteiger partial charge in [-0.3, -0.25) is 4.79 Å². The molecule has 0 radical (unpaired) electrons. The van der Waals surface area contributed by atoms with Gasteiger partial charge < -0.3 is 13.9 Å². The number of nitrogens with one attached hydrogen (secondary N) is 1. The van der Waals surface area contributed by atoms with Gasteiger partial charge in [0, 0.05) is 5.39 Å². The van der Waals surface area contributed by atoms with E-state index in [1.165, 1.54) is 6.21 Å². The first-order valence-electron chi connectivity index (χ1n) is 10.9. The zero-order chi connectivity index (χ0) is 24.2.